The van der Waals surface area contributed by atoms with Gasteiger partial charge in [-0.1, -0.05) is 0 Å². The molecule has 2 nitrogen and oxygen atoms in total. The van der Waals surface area contributed by atoms with Crippen molar-refractivity contribution < 1.29 is 3.07 Å². The lowest BCUT2D eigenvalue weighted by atomic mass is 10.1. The standard InChI is InChI=1S/C5H10INO/c6-8-4-5-1-2-7-3-5/h5,7H,1-4H2. The van der Waals surface area contributed by atoms with Gasteiger partial charge in [0.2, 0.25) is 0 Å². The van der Waals surface area contributed by atoms with E-state index in [0.717, 1.165) is 19.1 Å². The number of hydrogen-bond acceptors (Lipinski definition) is 2. The van der Waals surface area contributed by atoms with Gasteiger partial charge in [0.15, 0.2) is 0 Å². The second kappa shape index (κ2) is 3.63. The first kappa shape index (κ1) is 6.77. The molecule has 0 bridgehead atoms. The Labute approximate surface area is 63.7 Å². The largest absolute Gasteiger partial charge is 0.316 e. The fourth-order valence-electron chi connectivity index (χ4n) is 0.946. The predicted octanol–water partition coefficient (Wildman–Crippen LogP) is 0.962. The van der Waals surface area contributed by atoms with Crippen molar-refractivity contribution in [1.82, 2.24) is 5.32 Å². The van der Waals surface area contributed by atoms with Crippen molar-refractivity contribution in [3.05, 3.63) is 0 Å². The highest BCUT2D eigenvalue weighted by molar-refractivity contribution is 14.1. The number of rotatable bonds is 2. The molecule has 1 rings (SSSR count). The third kappa shape index (κ3) is 1.87. The predicted molar refractivity (Wildman–Crippen MR) is 40.9 cm³/mol. The van der Waals surface area contributed by atoms with Crippen LogP contribution in [0, 0.1) is 5.92 Å². The first-order valence-electron chi connectivity index (χ1n) is 2.87. The second-order valence-corrected chi connectivity index (χ2v) is 2.76. The average Bonchev–Trinajstić information content (AvgIpc) is 2.19. The molecule has 0 aromatic rings. The van der Waals surface area contributed by atoms with Crippen molar-refractivity contribution in [3.63, 3.8) is 0 Å². The molecule has 3 heteroatoms. The van der Waals surface area contributed by atoms with Crippen LogP contribution in [0.4, 0.5) is 0 Å². The van der Waals surface area contributed by atoms with E-state index >= 15 is 0 Å². The smallest absolute Gasteiger partial charge is 0.109 e. The van der Waals surface area contributed by atoms with E-state index in [9.17, 15) is 0 Å². The third-order valence-electron chi connectivity index (χ3n) is 1.46. The zero-order valence-electron chi connectivity index (χ0n) is 4.69. The highest BCUT2D eigenvalue weighted by Crippen LogP contribution is 2.08. The van der Waals surface area contributed by atoms with E-state index in [1.807, 2.05) is 23.0 Å². The molecule has 1 unspecified atom stereocenters. The van der Waals surface area contributed by atoms with Crippen LogP contribution >= 0.6 is 23.0 Å². The molecule has 1 aliphatic rings. The van der Waals surface area contributed by atoms with Crippen molar-refractivity contribution in [2.24, 2.45) is 5.92 Å². The van der Waals surface area contributed by atoms with Crippen molar-refractivity contribution in [2.45, 2.75) is 6.42 Å². The van der Waals surface area contributed by atoms with Crippen LogP contribution in [0.25, 0.3) is 0 Å². The summed E-state index contributed by atoms with van der Waals surface area (Å²) in [7, 11) is 0. The molecule has 0 radical (unpaired) electrons. The van der Waals surface area contributed by atoms with Gasteiger partial charge in [0.1, 0.15) is 23.0 Å². The van der Waals surface area contributed by atoms with Gasteiger partial charge in [-0.05, 0) is 18.9 Å². The number of hydrogen-bond donors (Lipinski definition) is 1. The van der Waals surface area contributed by atoms with E-state index in [2.05, 4.69) is 5.32 Å². The SMILES string of the molecule is IOCC1CCNC1. The molecule has 0 aromatic heterocycles. The zero-order chi connectivity index (χ0) is 5.82. The Morgan fingerprint density at radius 1 is 1.75 bits per heavy atom. The monoisotopic (exact) mass is 227 g/mol. The second-order valence-electron chi connectivity index (χ2n) is 2.13. The van der Waals surface area contributed by atoms with E-state index < -0.39 is 0 Å². The van der Waals surface area contributed by atoms with Crippen LogP contribution < -0.4 is 5.32 Å². The molecular weight excluding hydrogens is 217 g/mol. The molecule has 0 amide bonds. The van der Waals surface area contributed by atoms with Crippen LogP contribution in [-0.2, 0) is 3.07 Å². The lowest BCUT2D eigenvalue weighted by molar-refractivity contribution is 0.339. The Kier molecular flexibility index (Phi) is 3.07. The van der Waals surface area contributed by atoms with Gasteiger partial charge in [0.25, 0.3) is 0 Å². The Morgan fingerprint density at radius 2 is 2.62 bits per heavy atom. The molecule has 0 aliphatic carbocycles. The van der Waals surface area contributed by atoms with Gasteiger partial charge in [0.05, 0.1) is 6.61 Å². The van der Waals surface area contributed by atoms with Gasteiger partial charge >= 0.3 is 0 Å². The zero-order valence-corrected chi connectivity index (χ0v) is 6.85. The minimum atomic E-state index is 0.770. The summed E-state index contributed by atoms with van der Waals surface area (Å²) in [4.78, 5) is 0. The van der Waals surface area contributed by atoms with Gasteiger partial charge in [-0.15, -0.1) is 0 Å². The summed E-state index contributed by atoms with van der Waals surface area (Å²) < 4.78 is 4.96. The van der Waals surface area contributed by atoms with Gasteiger partial charge in [-0.2, -0.15) is 0 Å². The summed E-state index contributed by atoms with van der Waals surface area (Å²) in [6.07, 6.45) is 1.28. The van der Waals surface area contributed by atoms with E-state index in [0.29, 0.717) is 0 Å². The molecule has 0 saturated carbocycles. The van der Waals surface area contributed by atoms with E-state index in [1.165, 1.54) is 13.0 Å². The van der Waals surface area contributed by atoms with Gasteiger partial charge < -0.3 is 8.38 Å². The third-order valence-corrected chi connectivity index (χ3v) is 1.82. The molecule has 1 fully saturated rings. The van der Waals surface area contributed by atoms with Gasteiger partial charge in [-0.3, -0.25) is 0 Å². The molecule has 48 valence electrons. The van der Waals surface area contributed by atoms with Crippen molar-refractivity contribution >= 4 is 23.0 Å². The lowest BCUT2D eigenvalue weighted by Crippen LogP contribution is -2.11. The van der Waals surface area contributed by atoms with Crippen molar-refractivity contribution in [2.75, 3.05) is 19.7 Å². The first-order valence-corrected chi connectivity index (χ1v) is 3.76. The summed E-state index contributed by atoms with van der Waals surface area (Å²) >= 11 is 1.95. The van der Waals surface area contributed by atoms with Crippen LogP contribution in [-0.4, -0.2) is 19.7 Å². The molecule has 1 N–H and O–H groups in total. The Bertz CT molecular complexity index is 63.4. The fourth-order valence-corrected chi connectivity index (χ4v) is 1.45. The molecule has 8 heavy (non-hydrogen) atoms. The van der Waals surface area contributed by atoms with E-state index in [-0.39, 0.29) is 0 Å². The Hall–Kier alpha value is 0.650. The van der Waals surface area contributed by atoms with E-state index in [4.69, 9.17) is 3.07 Å². The van der Waals surface area contributed by atoms with Crippen LogP contribution in [0.3, 0.4) is 0 Å². The molecule has 1 atom stereocenters. The Morgan fingerprint density at radius 3 is 3.12 bits per heavy atom. The minimum Gasteiger partial charge on any atom is -0.316 e. The van der Waals surface area contributed by atoms with E-state index in [1.54, 1.807) is 0 Å². The maximum atomic E-state index is 4.96. The van der Waals surface area contributed by atoms with Crippen LogP contribution in [0.1, 0.15) is 6.42 Å². The fraction of sp³-hybridized carbons (Fsp3) is 1.00. The van der Waals surface area contributed by atoms with Crippen LogP contribution in [0.2, 0.25) is 0 Å². The highest BCUT2D eigenvalue weighted by atomic mass is 127. The minimum absolute atomic E-state index is 0.770. The summed E-state index contributed by atoms with van der Waals surface area (Å²) in [6.45, 7) is 3.22. The molecule has 1 aliphatic heterocycles. The highest BCUT2D eigenvalue weighted by Gasteiger charge is 2.13. The summed E-state index contributed by atoms with van der Waals surface area (Å²) in [5.74, 6) is 0.770. The maximum Gasteiger partial charge on any atom is 0.109 e. The first-order chi connectivity index (χ1) is 3.93. The Balaban J connectivity index is 2.06. The van der Waals surface area contributed by atoms with Crippen molar-refractivity contribution in [1.29, 1.82) is 0 Å². The van der Waals surface area contributed by atoms with Gasteiger partial charge in [0, 0.05) is 6.54 Å². The molecular formula is C5H10INO. The van der Waals surface area contributed by atoms with Gasteiger partial charge in [-0.25, -0.2) is 0 Å². The number of nitrogens with one attached hydrogen (secondary N) is 1. The van der Waals surface area contributed by atoms with Crippen LogP contribution in [0.15, 0.2) is 0 Å². The molecule has 0 spiro atoms. The van der Waals surface area contributed by atoms with Crippen molar-refractivity contribution in [3.8, 4) is 0 Å². The summed E-state index contributed by atoms with van der Waals surface area (Å²) in [5, 5.41) is 3.27. The lowest BCUT2D eigenvalue weighted by Gasteiger charge is -2.01. The maximum absolute atomic E-state index is 4.96. The molecule has 1 heterocycles. The number of halogens is 1. The summed E-state index contributed by atoms with van der Waals surface area (Å²) in [6, 6.07) is 0. The normalized spacial score (nSPS) is 28.9. The van der Waals surface area contributed by atoms with Crippen LogP contribution in [0.5, 0.6) is 0 Å². The quantitative estimate of drug-likeness (QED) is 0.709. The molecule has 1 saturated heterocycles. The topological polar surface area (TPSA) is 21.3 Å². The molecule has 0 aromatic carbocycles. The average molecular weight is 227 g/mol. The summed E-state index contributed by atoms with van der Waals surface area (Å²) in [5.41, 5.74) is 0.